The number of hydrogen-bond acceptors (Lipinski definition) is 4. The summed E-state index contributed by atoms with van der Waals surface area (Å²) in [5, 5.41) is 0. The summed E-state index contributed by atoms with van der Waals surface area (Å²) in [6, 6.07) is 26.5. The molecule has 0 spiro atoms. The van der Waals surface area contributed by atoms with Crippen LogP contribution in [-0.4, -0.2) is 19.5 Å². The molecule has 4 heterocycles. The van der Waals surface area contributed by atoms with Gasteiger partial charge < -0.3 is 0 Å². The highest BCUT2D eigenvalue weighted by Crippen LogP contribution is 2.70. The van der Waals surface area contributed by atoms with Gasteiger partial charge in [-0.15, -0.1) is 23.5 Å². The second-order valence-corrected chi connectivity index (χ2v) is 14.5. The predicted molar refractivity (Wildman–Crippen MR) is 175 cm³/mol. The summed E-state index contributed by atoms with van der Waals surface area (Å²) < 4.78 is -0.0466. The molecular formula is C37H30N2S2. The topological polar surface area (TPSA) is 25.8 Å². The highest BCUT2D eigenvalue weighted by Gasteiger charge is 2.59. The Hall–Kier alpha value is -3.60. The fourth-order valence-electron chi connectivity index (χ4n) is 6.97. The maximum Gasteiger partial charge on any atom is 0.0618 e. The second kappa shape index (κ2) is 9.47. The summed E-state index contributed by atoms with van der Waals surface area (Å²) in [7, 11) is 0. The number of benzene rings is 2. The molecule has 0 saturated heterocycles. The maximum absolute atomic E-state index is 4.17. The normalized spacial score (nSPS) is 24.6. The molecule has 4 aliphatic rings. The molecule has 0 amide bonds. The van der Waals surface area contributed by atoms with E-state index in [1.807, 2.05) is 24.8 Å². The van der Waals surface area contributed by atoms with E-state index < -0.39 is 0 Å². The third-order valence-electron chi connectivity index (χ3n) is 9.35. The fraction of sp³-hybridized carbons (Fsp3) is 0.189. The highest BCUT2D eigenvalue weighted by atomic mass is 32.2. The minimum Gasteiger partial charge on any atom is -0.265 e. The van der Waals surface area contributed by atoms with Gasteiger partial charge in [-0.3, -0.25) is 9.97 Å². The van der Waals surface area contributed by atoms with E-state index in [0.717, 1.165) is 0 Å². The zero-order valence-electron chi connectivity index (χ0n) is 23.2. The summed E-state index contributed by atoms with van der Waals surface area (Å²) in [6.07, 6.45) is 16.1. The lowest BCUT2D eigenvalue weighted by Crippen LogP contribution is -2.47. The summed E-state index contributed by atoms with van der Waals surface area (Å²) in [4.78, 5) is 11.1. The van der Waals surface area contributed by atoms with Gasteiger partial charge in [0.2, 0.25) is 0 Å². The van der Waals surface area contributed by atoms with E-state index in [-0.39, 0.29) is 9.49 Å². The summed E-state index contributed by atoms with van der Waals surface area (Å²) in [5.41, 5.74) is 13.8. The first-order valence-electron chi connectivity index (χ1n) is 14.3. The minimum absolute atomic E-state index is 0.0233. The van der Waals surface area contributed by atoms with E-state index in [4.69, 9.17) is 0 Å². The van der Waals surface area contributed by atoms with Crippen molar-refractivity contribution in [3.8, 4) is 22.3 Å². The van der Waals surface area contributed by atoms with Crippen LogP contribution in [0.2, 0.25) is 0 Å². The van der Waals surface area contributed by atoms with Gasteiger partial charge in [0.1, 0.15) is 0 Å². The molecule has 4 aromatic rings. The minimum atomic E-state index is -0.0233. The van der Waals surface area contributed by atoms with Crippen LogP contribution >= 0.6 is 23.5 Å². The number of allylic oxidation sites excluding steroid dienone is 4. The van der Waals surface area contributed by atoms with Crippen LogP contribution in [0, 0.1) is 0 Å². The number of rotatable bonds is 4. The third-order valence-corrected chi connectivity index (χ3v) is 12.7. The molecule has 200 valence electrons. The number of hydrogen-bond donors (Lipinski definition) is 0. The molecule has 0 unspecified atom stereocenters. The first-order valence-corrected chi connectivity index (χ1v) is 16.0. The standard InChI is InChI=1S/C37H30N2S2/c1-36-32(22-34(40-36)28-10-6-24(7-11-28)26-14-18-38-19-15-26)30-4-3-5-31(30)33-23-35(41-37(33,36)2)29-12-8-25(9-13-29)27-16-20-39-21-17-27/h6-23H,3-5H2,1-2H3/t36-,37-/m0/s1. The van der Waals surface area contributed by atoms with Crippen molar-refractivity contribution in [2.24, 2.45) is 0 Å². The van der Waals surface area contributed by atoms with Gasteiger partial charge >= 0.3 is 0 Å². The van der Waals surface area contributed by atoms with Crippen molar-refractivity contribution >= 4 is 33.3 Å². The monoisotopic (exact) mass is 566 g/mol. The SMILES string of the molecule is C[C@]12SC(c3ccc(-c4ccncc4)cc3)=CC1=C1CCCC1=C1C=C(c3ccc(-c4ccncc4)cc3)S[C@@]12C. The van der Waals surface area contributed by atoms with Crippen molar-refractivity contribution in [3.63, 3.8) is 0 Å². The molecule has 2 aromatic carbocycles. The Kier molecular flexibility index (Phi) is 5.81. The van der Waals surface area contributed by atoms with Crippen LogP contribution in [0.3, 0.4) is 0 Å². The molecule has 2 nitrogen and oxygen atoms in total. The molecule has 1 saturated carbocycles. The molecule has 0 radical (unpaired) electrons. The Morgan fingerprint density at radius 2 is 0.829 bits per heavy atom. The van der Waals surface area contributed by atoms with Crippen LogP contribution < -0.4 is 0 Å². The summed E-state index contributed by atoms with van der Waals surface area (Å²) >= 11 is 4.14. The molecule has 2 aliphatic carbocycles. The molecule has 1 fully saturated rings. The first kappa shape index (κ1) is 25.1. The van der Waals surface area contributed by atoms with E-state index >= 15 is 0 Å². The van der Waals surface area contributed by atoms with Gasteiger partial charge in [-0.1, -0.05) is 48.5 Å². The van der Waals surface area contributed by atoms with Gasteiger partial charge in [0, 0.05) is 34.6 Å². The van der Waals surface area contributed by atoms with Gasteiger partial charge in [-0.05, 0) is 125 Å². The molecule has 8 rings (SSSR count). The zero-order chi connectivity index (χ0) is 27.6. The van der Waals surface area contributed by atoms with Crippen molar-refractivity contribution in [2.45, 2.75) is 42.6 Å². The van der Waals surface area contributed by atoms with Crippen LogP contribution in [0.5, 0.6) is 0 Å². The maximum atomic E-state index is 4.17. The van der Waals surface area contributed by atoms with Crippen molar-refractivity contribution in [2.75, 3.05) is 0 Å². The van der Waals surface area contributed by atoms with E-state index in [1.54, 1.807) is 22.3 Å². The van der Waals surface area contributed by atoms with Crippen LogP contribution in [0.15, 0.2) is 132 Å². The van der Waals surface area contributed by atoms with Crippen molar-refractivity contribution in [1.29, 1.82) is 0 Å². The van der Waals surface area contributed by atoms with E-state index in [1.165, 1.54) is 62.5 Å². The van der Waals surface area contributed by atoms with E-state index in [2.05, 4.69) is 132 Å². The number of nitrogens with zero attached hydrogens (tertiary/aromatic N) is 2. The average Bonchev–Trinajstić information content (AvgIpc) is 3.74. The third kappa shape index (κ3) is 3.88. The number of aromatic nitrogens is 2. The van der Waals surface area contributed by atoms with Gasteiger partial charge in [0.05, 0.1) is 9.49 Å². The van der Waals surface area contributed by atoms with Crippen molar-refractivity contribution in [1.82, 2.24) is 9.97 Å². The number of thioether (sulfide) groups is 2. The Labute approximate surface area is 250 Å². The molecule has 0 N–H and O–H groups in total. The van der Waals surface area contributed by atoms with Crippen LogP contribution in [0.25, 0.3) is 32.1 Å². The lowest BCUT2D eigenvalue weighted by atomic mass is 9.72. The van der Waals surface area contributed by atoms with Crippen LogP contribution in [0.4, 0.5) is 0 Å². The van der Waals surface area contributed by atoms with Crippen LogP contribution in [-0.2, 0) is 0 Å². The molecule has 2 aliphatic heterocycles. The molecule has 2 aromatic heterocycles. The van der Waals surface area contributed by atoms with Gasteiger partial charge in [0.15, 0.2) is 0 Å². The Balaban J connectivity index is 1.14. The Morgan fingerprint density at radius 3 is 1.22 bits per heavy atom. The molecular weight excluding hydrogens is 537 g/mol. The largest absolute Gasteiger partial charge is 0.265 e. The van der Waals surface area contributed by atoms with Crippen molar-refractivity contribution in [3.05, 3.63) is 143 Å². The second-order valence-electron chi connectivity index (χ2n) is 11.6. The lowest BCUT2D eigenvalue weighted by molar-refractivity contribution is 0.607. The fourth-order valence-corrected chi connectivity index (χ4v) is 10.2. The zero-order valence-corrected chi connectivity index (χ0v) is 24.9. The Bertz CT molecular complexity index is 1660. The van der Waals surface area contributed by atoms with Crippen molar-refractivity contribution < 1.29 is 0 Å². The lowest BCUT2D eigenvalue weighted by Gasteiger charge is -2.47. The number of pyridine rings is 2. The van der Waals surface area contributed by atoms with Gasteiger partial charge in [-0.25, -0.2) is 0 Å². The van der Waals surface area contributed by atoms with E-state index in [9.17, 15) is 0 Å². The molecule has 2 atom stereocenters. The quantitative estimate of drug-likeness (QED) is 0.245. The predicted octanol–water partition coefficient (Wildman–Crippen LogP) is 9.99. The molecule has 41 heavy (non-hydrogen) atoms. The first-order chi connectivity index (χ1) is 20.0. The summed E-state index contributed by atoms with van der Waals surface area (Å²) in [6.45, 7) is 5.00. The Morgan fingerprint density at radius 1 is 0.488 bits per heavy atom. The van der Waals surface area contributed by atoms with Gasteiger partial charge in [-0.2, -0.15) is 0 Å². The molecule has 4 heteroatoms. The smallest absolute Gasteiger partial charge is 0.0618 e. The average molecular weight is 567 g/mol. The number of fused-ring (bicyclic) bond motifs is 4. The van der Waals surface area contributed by atoms with Crippen LogP contribution in [0.1, 0.15) is 44.2 Å². The summed E-state index contributed by atoms with van der Waals surface area (Å²) in [5.74, 6) is 0. The van der Waals surface area contributed by atoms with Gasteiger partial charge in [0.25, 0.3) is 0 Å². The molecule has 0 bridgehead atoms. The highest BCUT2D eigenvalue weighted by molar-refractivity contribution is 8.14. The van der Waals surface area contributed by atoms with E-state index in [0.29, 0.717) is 0 Å².